The molecule has 0 amide bonds. The monoisotopic (exact) mass is 317 g/mol. The maximum Gasteiger partial charge on any atom is 0.121 e. The van der Waals surface area contributed by atoms with Crippen LogP contribution >= 0.6 is 11.8 Å². The van der Waals surface area contributed by atoms with Gasteiger partial charge in [0.2, 0.25) is 0 Å². The van der Waals surface area contributed by atoms with Gasteiger partial charge < -0.3 is 20.4 Å². The number of fused-ring (bicyclic) bond motifs is 2. The molecule has 3 rings (SSSR count). The molecule has 1 atom stereocenters. The Morgan fingerprint density at radius 2 is 1.59 bits per heavy atom. The molecule has 1 aliphatic heterocycles. The molecule has 0 radical (unpaired) electrons. The molecule has 5 heteroatoms. The van der Waals surface area contributed by atoms with Gasteiger partial charge >= 0.3 is 0 Å². The molecule has 116 valence electrons. The number of anilines is 2. The molecule has 0 aromatic heterocycles. The smallest absolute Gasteiger partial charge is 0.121 e. The number of hydrogen-bond donors (Lipinski definition) is 3. The maximum absolute atomic E-state index is 10.3. The summed E-state index contributed by atoms with van der Waals surface area (Å²) >= 11 is 1.77. The Kier molecular flexibility index (Phi) is 5.00. The van der Waals surface area contributed by atoms with Crippen molar-refractivity contribution in [1.82, 2.24) is 0 Å². The lowest BCUT2D eigenvalue weighted by Gasteiger charge is -2.33. The normalized spacial score (nSPS) is 14.4. The Hall–Kier alpha value is -1.53. The molecule has 2 aromatic rings. The molecule has 0 saturated carbocycles. The van der Waals surface area contributed by atoms with Crippen LogP contribution in [0.3, 0.4) is 0 Å². The third-order valence-corrected chi connectivity index (χ3v) is 4.83. The molecule has 0 unspecified atom stereocenters. The molecule has 0 spiro atoms. The second kappa shape index (κ2) is 7.15. The molecule has 4 nitrogen and oxygen atoms in total. The van der Waals surface area contributed by atoms with E-state index in [4.69, 9.17) is 5.11 Å². The fourth-order valence-electron chi connectivity index (χ4n) is 2.66. The minimum atomic E-state index is -0.448. The van der Waals surface area contributed by atoms with Gasteiger partial charge in [-0.25, -0.2) is 0 Å². The number of aliphatic hydroxyl groups excluding tert-OH is 2. The van der Waals surface area contributed by atoms with E-state index < -0.39 is 6.10 Å². The maximum atomic E-state index is 10.3. The standard InChI is InChI=1S/C17H20N2O2S/c20-10-9-18-11-13(21)12-19-14-5-1-3-7-16(14)22-17-8-4-2-6-15(17)19/h1-8,13,18,20-21H,9-12H2/p+1/t13-/m0/s1. The van der Waals surface area contributed by atoms with Gasteiger partial charge in [0.1, 0.15) is 12.6 Å². The van der Waals surface area contributed by atoms with Crippen LogP contribution < -0.4 is 10.2 Å². The van der Waals surface area contributed by atoms with Gasteiger partial charge in [0, 0.05) is 9.79 Å². The van der Waals surface area contributed by atoms with Crippen molar-refractivity contribution in [2.75, 3.05) is 31.1 Å². The van der Waals surface area contributed by atoms with Crippen LogP contribution in [0.4, 0.5) is 11.4 Å². The Bertz CT molecular complexity index is 590. The topological polar surface area (TPSA) is 60.3 Å². The fraction of sp³-hybridized carbons (Fsp3) is 0.294. The number of benzene rings is 2. The quantitative estimate of drug-likeness (QED) is 0.701. The van der Waals surface area contributed by atoms with Gasteiger partial charge in [-0.05, 0) is 24.3 Å². The molecule has 4 N–H and O–H groups in total. The molecule has 1 aliphatic rings. The van der Waals surface area contributed by atoms with E-state index in [2.05, 4.69) is 29.2 Å². The number of rotatable bonds is 6. The van der Waals surface area contributed by atoms with Crippen LogP contribution in [-0.4, -0.2) is 42.6 Å². The van der Waals surface area contributed by atoms with Crippen LogP contribution in [0.15, 0.2) is 58.3 Å². The predicted molar refractivity (Wildman–Crippen MR) is 88.8 cm³/mol. The molecule has 2 aromatic carbocycles. The lowest BCUT2D eigenvalue weighted by Crippen LogP contribution is -2.87. The van der Waals surface area contributed by atoms with Gasteiger partial charge in [0.05, 0.1) is 31.1 Å². The van der Waals surface area contributed by atoms with Crippen LogP contribution in [0, 0.1) is 0 Å². The van der Waals surface area contributed by atoms with E-state index in [0.29, 0.717) is 19.6 Å². The first-order chi connectivity index (χ1) is 10.8. The van der Waals surface area contributed by atoms with E-state index in [9.17, 15) is 5.11 Å². The number of quaternary nitrogens is 1. The number of β-amino-alcohol motifs (C(OH)–C–C–N with tert-alkyl or cyclic N) is 1. The zero-order chi connectivity index (χ0) is 15.4. The molecule has 0 saturated heterocycles. The first-order valence-corrected chi connectivity index (χ1v) is 8.35. The third-order valence-electron chi connectivity index (χ3n) is 3.70. The average Bonchev–Trinajstić information content (AvgIpc) is 2.55. The summed E-state index contributed by atoms with van der Waals surface area (Å²) in [5.41, 5.74) is 2.29. The summed E-state index contributed by atoms with van der Waals surface area (Å²) in [5, 5.41) is 21.1. The van der Waals surface area contributed by atoms with E-state index >= 15 is 0 Å². The van der Waals surface area contributed by atoms with Crippen LogP contribution in [0.25, 0.3) is 0 Å². The van der Waals surface area contributed by atoms with Gasteiger partial charge in [-0.2, -0.15) is 0 Å². The fourth-order valence-corrected chi connectivity index (χ4v) is 3.76. The van der Waals surface area contributed by atoms with Crippen molar-refractivity contribution in [3.05, 3.63) is 48.5 Å². The lowest BCUT2D eigenvalue weighted by molar-refractivity contribution is -0.661. The molecule has 22 heavy (non-hydrogen) atoms. The zero-order valence-corrected chi connectivity index (χ0v) is 13.2. The number of hydrogen-bond acceptors (Lipinski definition) is 4. The van der Waals surface area contributed by atoms with Gasteiger partial charge in [-0.15, -0.1) is 0 Å². The van der Waals surface area contributed by atoms with Crippen LogP contribution in [0.2, 0.25) is 0 Å². The van der Waals surface area contributed by atoms with E-state index in [0.717, 1.165) is 11.4 Å². The number of para-hydroxylation sites is 2. The number of aliphatic hydroxyl groups is 2. The van der Waals surface area contributed by atoms with Crippen molar-refractivity contribution in [1.29, 1.82) is 0 Å². The van der Waals surface area contributed by atoms with Crippen molar-refractivity contribution in [3.8, 4) is 0 Å². The van der Waals surface area contributed by atoms with E-state index in [1.54, 1.807) is 11.8 Å². The molecule has 0 bridgehead atoms. The van der Waals surface area contributed by atoms with E-state index in [1.165, 1.54) is 9.79 Å². The van der Waals surface area contributed by atoms with Crippen molar-refractivity contribution >= 4 is 23.1 Å². The summed E-state index contributed by atoms with van der Waals surface area (Å²) in [6.07, 6.45) is -0.448. The summed E-state index contributed by atoms with van der Waals surface area (Å²) in [4.78, 5) is 4.62. The second-order valence-electron chi connectivity index (χ2n) is 5.34. The van der Waals surface area contributed by atoms with Crippen molar-refractivity contribution in [2.24, 2.45) is 0 Å². The van der Waals surface area contributed by atoms with Crippen LogP contribution in [-0.2, 0) is 0 Å². The largest absolute Gasteiger partial charge is 0.391 e. The molecule has 0 fully saturated rings. The van der Waals surface area contributed by atoms with Crippen molar-refractivity contribution < 1.29 is 15.5 Å². The summed E-state index contributed by atoms with van der Waals surface area (Å²) in [5.74, 6) is 0. The highest BCUT2D eigenvalue weighted by molar-refractivity contribution is 7.99. The Morgan fingerprint density at radius 1 is 1.00 bits per heavy atom. The SMILES string of the molecule is OCC[NH2+]C[C@H](O)CN1c2ccccc2Sc2ccccc21. The van der Waals surface area contributed by atoms with Gasteiger partial charge in [0.15, 0.2) is 0 Å². The third kappa shape index (κ3) is 3.28. The summed E-state index contributed by atoms with van der Waals surface area (Å²) in [6, 6.07) is 16.6. The van der Waals surface area contributed by atoms with Gasteiger partial charge in [-0.3, -0.25) is 0 Å². The zero-order valence-electron chi connectivity index (χ0n) is 12.4. The minimum absolute atomic E-state index is 0.138. The molecular formula is C17H21N2O2S+. The Balaban J connectivity index is 1.83. The average molecular weight is 317 g/mol. The van der Waals surface area contributed by atoms with E-state index in [-0.39, 0.29) is 6.61 Å². The number of nitrogens with zero attached hydrogens (tertiary/aromatic N) is 1. The predicted octanol–water partition coefficient (Wildman–Crippen LogP) is 1.21. The van der Waals surface area contributed by atoms with Gasteiger partial charge in [0.25, 0.3) is 0 Å². The summed E-state index contributed by atoms with van der Waals surface area (Å²) in [7, 11) is 0. The van der Waals surface area contributed by atoms with Gasteiger partial charge in [-0.1, -0.05) is 36.0 Å². The summed E-state index contributed by atoms with van der Waals surface area (Å²) in [6.45, 7) is 1.91. The lowest BCUT2D eigenvalue weighted by atomic mass is 10.2. The van der Waals surface area contributed by atoms with Crippen LogP contribution in [0.5, 0.6) is 0 Å². The minimum Gasteiger partial charge on any atom is -0.391 e. The highest BCUT2D eigenvalue weighted by atomic mass is 32.2. The van der Waals surface area contributed by atoms with Crippen molar-refractivity contribution in [2.45, 2.75) is 15.9 Å². The molecule has 1 heterocycles. The second-order valence-corrected chi connectivity index (χ2v) is 6.42. The van der Waals surface area contributed by atoms with E-state index in [1.807, 2.05) is 29.6 Å². The first-order valence-electron chi connectivity index (χ1n) is 7.53. The summed E-state index contributed by atoms with van der Waals surface area (Å²) < 4.78 is 0. The Morgan fingerprint density at radius 3 is 2.18 bits per heavy atom. The highest BCUT2D eigenvalue weighted by Gasteiger charge is 2.24. The molecule has 0 aliphatic carbocycles. The van der Waals surface area contributed by atoms with Crippen LogP contribution in [0.1, 0.15) is 0 Å². The highest BCUT2D eigenvalue weighted by Crippen LogP contribution is 2.47. The molecular weight excluding hydrogens is 296 g/mol. The van der Waals surface area contributed by atoms with Crippen molar-refractivity contribution in [3.63, 3.8) is 0 Å². The Labute approximate surface area is 134 Å². The first kappa shape index (κ1) is 15.4. The number of nitrogens with two attached hydrogens (primary N) is 1.